The molecule has 0 aromatic heterocycles. The second-order valence-electron chi connectivity index (χ2n) is 13.4. The van der Waals surface area contributed by atoms with E-state index < -0.39 is 140 Å². The normalized spacial score (nSPS) is 15.9. The van der Waals surface area contributed by atoms with Crippen LogP contribution in [0, 0.1) is 11.8 Å². The Balaban J connectivity index is 6.46. The van der Waals surface area contributed by atoms with Crippen LogP contribution in [0.3, 0.4) is 0 Å². The Hall–Kier alpha value is -4.89. The molecule has 0 heterocycles. The molecule has 0 aromatic carbocycles. The molecule has 0 aromatic rings. The molecule has 55 heavy (non-hydrogen) atoms. The summed E-state index contributed by atoms with van der Waals surface area (Å²) in [5.41, 5.74) is 11.1. The van der Waals surface area contributed by atoms with Crippen LogP contribution in [0.1, 0.15) is 92.4 Å². The van der Waals surface area contributed by atoms with Crippen LogP contribution in [0.15, 0.2) is 0 Å². The number of aliphatic carboxylic acids is 3. The van der Waals surface area contributed by atoms with Gasteiger partial charge in [0.15, 0.2) is 0 Å². The first kappa shape index (κ1) is 50.1. The fourth-order valence-corrected chi connectivity index (χ4v) is 5.03. The largest absolute Gasteiger partial charge is 0.481 e. The molecule has 0 aliphatic rings. The molecule has 0 aliphatic carbocycles. The lowest BCUT2D eigenvalue weighted by atomic mass is 9.95. The minimum atomic E-state index is -1.66. The van der Waals surface area contributed by atoms with Gasteiger partial charge in [-0.05, 0) is 57.4 Å². The van der Waals surface area contributed by atoms with E-state index in [1.165, 1.54) is 6.92 Å². The summed E-state index contributed by atoms with van der Waals surface area (Å²) in [6, 6.07) is -9.79. The van der Waals surface area contributed by atoms with E-state index >= 15 is 0 Å². The summed E-state index contributed by atoms with van der Waals surface area (Å²) in [5.74, 6) is -10.6. The zero-order chi connectivity index (χ0) is 42.4. The molecule has 0 radical (unpaired) electrons. The smallest absolute Gasteiger partial charge is 0.326 e. The summed E-state index contributed by atoms with van der Waals surface area (Å²) < 4.78 is 0. The van der Waals surface area contributed by atoms with Gasteiger partial charge >= 0.3 is 17.9 Å². The van der Waals surface area contributed by atoms with Gasteiger partial charge in [0.25, 0.3) is 0 Å². The molecule has 9 unspecified atom stereocenters. The van der Waals surface area contributed by atoms with Gasteiger partial charge in [0.2, 0.25) is 35.4 Å². The first-order chi connectivity index (χ1) is 25.7. The Morgan fingerprint density at radius 1 is 0.527 bits per heavy atom. The van der Waals surface area contributed by atoms with E-state index in [-0.39, 0.29) is 13.0 Å². The van der Waals surface area contributed by atoms with Crippen LogP contribution in [0.25, 0.3) is 0 Å². The van der Waals surface area contributed by atoms with Crippen LogP contribution in [-0.4, -0.2) is 129 Å². The van der Waals surface area contributed by atoms with E-state index in [2.05, 4.69) is 31.9 Å². The van der Waals surface area contributed by atoms with Gasteiger partial charge in [-0.25, -0.2) is 4.79 Å². The maximum absolute atomic E-state index is 13.7. The third kappa shape index (κ3) is 18.8. The number of carboxylic acids is 3. The first-order valence-corrected chi connectivity index (χ1v) is 18.3. The summed E-state index contributed by atoms with van der Waals surface area (Å²) in [4.78, 5) is 114. The zero-order valence-corrected chi connectivity index (χ0v) is 32.1. The van der Waals surface area contributed by atoms with Crippen molar-refractivity contribution >= 4 is 53.4 Å². The molecule has 314 valence electrons. The Bertz CT molecular complexity index is 1330. The highest BCUT2D eigenvalue weighted by molar-refractivity contribution is 5.97. The second kappa shape index (κ2) is 26.0. The number of amides is 6. The number of carbonyl (C=O) groups excluding carboxylic acids is 6. The van der Waals surface area contributed by atoms with E-state index in [1.807, 2.05) is 0 Å². The van der Waals surface area contributed by atoms with Crippen LogP contribution in [0.2, 0.25) is 0 Å². The van der Waals surface area contributed by atoms with E-state index in [0.717, 1.165) is 0 Å². The van der Waals surface area contributed by atoms with Gasteiger partial charge in [-0.3, -0.25) is 38.4 Å². The van der Waals surface area contributed by atoms with Crippen LogP contribution in [0.4, 0.5) is 0 Å². The summed E-state index contributed by atoms with van der Waals surface area (Å²) in [7, 11) is 0. The third-order valence-electron chi connectivity index (χ3n) is 8.94. The highest BCUT2D eigenvalue weighted by atomic mass is 16.4. The number of aliphatic hydroxyl groups is 1. The SMILES string of the molecule is CCC(C)C(NC(=O)C(NC(=O)C(CCCCN)NC(=O)C(CCC(=O)O)NC(=O)C(CCC(=O)O)NC(=O)C(CO)NC(=O)C(C)N)C(C)CC)C(=O)O. The highest BCUT2D eigenvalue weighted by Gasteiger charge is 2.35. The number of aliphatic hydroxyl groups excluding tert-OH is 1. The number of unbranched alkanes of at least 4 members (excludes halogenated alkanes) is 1. The third-order valence-corrected chi connectivity index (χ3v) is 8.94. The van der Waals surface area contributed by atoms with Crippen molar-refractivity contribution in [1.29, 1.82) is 0 Å². The Labute approximate surface area is 319 Å². The van der Waals surface area contributed by atoms with Crippen molar-refractivity contribution < 1.29 is 63.6 Å². The molecular weight excluding hydrogens is 728 g/mol. The lowest BCUT2D eigenvalue weighted by Crippen LogP contribution is -2.60. The number of rotatable bonds is 28. The van der Waals surface area contributed by atoms with Crippen molar-refractivity contribution in [2.75, 3.05) is 13.2 Å². The molecule has 0 rings (SSSR count). The van der Waals surface area contributed by atoms with Gasteiger partial charge < -0.3 is 63.8 Å². The van der Waals surface area contributed by atoms with Crippen LogP contribution >= 0.6 is 0 Å². The quantitative estimate of drug-likeness (QED) is 0.0358. The summed E-state index contributed by atoms with van der Waals surface area (Å²) >= 11 is 0. The molecule has 9 atom stereocenters. The molecule has 0 saturated carbocycles. The van der Waals surface area contributed by atoms with Crippen molar-refractivity contribution in [1.82, 2.24) is 31.9 Å². The van der Waals surface area contributed by atoms with E-state index in [1.54, 1.807) is 27.7 Å². The molecule has 21 nitrogen and oxygen atoms in total. The van der Waals surface area contributed by atoms with Gasteiger partial charge in [-0.15, -0.1) is 0 Å². The van der Waals surface area contributed by atoms with Crippen molar-refractivity contribution in [3.8, 4) is 0 Å². The van der Waals surface area contributed by atoms with Crippen molar-refractivity contribution in [3.05, 3.63) is 0 Å². The average molecular weight is 789 g/mol. The minimum absolute atomic E-state index is 0.0131. The molecular formula is C34H60N8O13. The molecule has 0 fully saturated rings. The lowest BCUT2D eigenvalue weighted by Gasteiger charge is -2.29. The molecule has 21 heteroatoms. The van der Waals surface area contributed by atoms with E-state index in [4.69, 9.17) is 11.5 Å². The first-order valence-electron chi connectivity index (χ1n) is 18.3. The van der Waals surface area contributed by atoms with Crippen LogP contribution in [-0.2, 0) is 43.2 Å². The summed E-state index contributed by atoms with van der Waals surface area (Å²) in [6.07, 6.45) is -0.792. The Morgan fingerprint density at radius 2 is 0.909 bits per heavy atom. The highest BCUT2D eigenvalue weighted by Crippen LogP contribution is 2.14. The van der Waals surface area contributed by atoms with Gasteiger partial charge in [0.1, 0.15) is 36.3 Å². The van der Waals surface area contributed by atoms with Crippen LogP contribution in [0.5, 0.6) is 0 Å². The Morgan fingerprint density at radius 3 is 1.29 bits per heavy atom. The zero-order valence-electron chi connectivity index (χ0n) is 32.1. The molecule has 6 amide bonds. The molecule has 0 spiro atoms. The van der Waals surface area contributed by atoms with Gasteiger partial charge in [0, 0.05) is 12.8 Å². The lowest BCUT2D eigenvalue weighted by molar-refractivity contribution is -0.144. The van der Waals surface area contributed by atoms with Crippen LogP contribution < -0.4 is 43.4 Å². The maximum atomic E-state index is 13.7. The maximum Gasteiger partial charge on any atom is 0.326 e. The predicted octanol–water partition coefficient (Wildman–Crippen LogP) is -2.73. The number of hydrogen-bond donors (Lipinski definition) is 12. The van der Waals surface area contributed by atoms with E-state index in [0.29, 0.717) is 25.7 Å². The number of carbonyl (C=O) groups is 9. The predicted molar refractivity (Wildman–Crippen MR) is 196 cm³/mol. The second-order valence-corrected chi connectivity index (χ2v) is 13.4. The van der Waals surface area contributed by atoms with Crippen molar-refractivity contribution in [3.63, 3.8) is 0 Å². The fraction of sp³-hybridized carbons (Fsp3) is 0.735. The van der Waals surface area contributed by atoms with E-state index in [9.17, 15) is 63.6 Å². The molecule has 0 saturated heterocycles. The van der Waals surface area contributed by atoms with Gasteiger partial charge in [0.05, 0.1) is 12.6 Å². The number of nitrogens with two attached hydrogens (primary N) is 2. The monoisotopic (exact) mass is 788 g/mol. The van der Waals surface area contributed by atoms with Gasteiger partial charge in [-0.2, -0.15) is 0 Å². The summed E-state index contributed by atoms with van der Waals surface area (Å²) in [5, 5.41) is 52.2. The van der Waals surface area contributed by atoms with Crippen molar-refractivity contribution in [2.24, 2.45) is 23.3 Å². The number of carboxylic acid groups (broad SMARTS) is 3. The average Bonchev–Trinajstić information content (AvgIpc) is 3.12. The summed E-state index contributed by atoms with van der Waals surface area (Å²) in [6.45, 7) is 7.45. The topological polar surface area (TPSA) is 359 Å². The fourth-order valence-electron chi connectivity index (χ4n) is 5.03. The Kier molecular flexibility index (Phi) is 23.7. The molecule has 14 N–H and O–H groups in total. The number of hydrogen-bond acceptors (Lipinski definition) is 12. The molecule has 0 bridgehead atoms. The molecule has 0 aliphatic heterocycles. The van der Waals surface area contributed by atoms with Crippen molar-refractivity contribution in [2.45, 2.75) is 135 Å². The van der Waals surface area contributed by atoms with Gasteiger partial charge in [-0.1, -0.05) is 40.5 Å². The standard InChI is InChI=1S/C34H60N8O13/c1-6-17(3)26(33(53)42-27(34(54)55)18(4)7-2)41-31(51)20(10-8-9-15-35)37-29(49)21(11-13-24(44)45)38-30(50)22(12-14-25(46)47)39-32(52)23(16-43)40-28(48)19(5)36/h17-23,26-27,43H,6-16,35-36H2,1-5H3,(H,37,49)(H,38,50)(H,39,52)(H,40,48)(H,41,51)(H,42,53)(H,44,45)(H,46,47)(H,54,55). The minimum Gasteiger partial charge on any atom is -0.481 e. The number of nitrogens with one attached hydrogen (secondary N) is 6.